The third-order valence-corrected chi connectivity index (χ3v) is 5.21. The van der Waals surface area contributed by atoms with E-state index in [-0.39, 0.29) is 42.8 Å². The predicted octanol–water partition coefficient (Wildman–Crippen LogP) is 4.75. The number of hydrogen-bond acceptors (Lipinski definition) is 4. The van der Waals surface area contributed by atoms with Gasteiger partial charge in [0.1, 0.15) is 0 Å². The molecule has 2 aromatic carbocycles. The standard InChI is InChI=1S/C23H25N5O.2ClH/c1-14(2)28-22-19(13-25-28)11-20(15(3)26-22)23(29)27-21(12-24)18-9-8-16-6-4-5-7-17(16)10-18;;/h4-11,13-14,21H,12,24H2,1-3H3,(H,27,29);2*1H. The molecule has 0 fully saturated rings. The van der Waals surface area contributed by atoms with Gasteiger partial charge in [-0.25, -0.2) is 9.67 Å². The fourth-order valence-corrected chi connectivity index (χ4v) is 3.61. The molecule has 31 heavy (non-hydrogen) atoms. The molecular formula is C23H27Cl2N5O. The van der Waals surface area contributed by atoms with E-state index in [1.165, 1.54) is 0 Å². The van der Waals surface area contributed by atoms with Crippen LogP contribution in [0.5, 0.6) is 0 Å². The summed E-state index contributed by atoms with van der Waals surface area (Å²) < 4.78 is 1.86. The Balaban J connectivity index is 0.00000171. The lowest BCUT2D eigenvalue weighted by atomic mass is 10.0. The van der Waals surface area contributed by atoms with Crippen molar-refractivity contribution in [2.45, 2.75) is 32.9 Å². The quantitative estimate of drug-likeness (QED) is 0.450. The Bertz CT molecular complexity index is 1210. The monoisotopic (exact) mass is 459 g/mol. The molecular weight excluding hydrogens is 433 g/mol. The average molecular weight is 460 g/mol. The maximum atomic E-state index is 13.0. The Morgan fingerprint density at radius 1 is 1.06 bits per heavy atom. The third-order valence-electron chi connectivity index (χ3n) is 5.21. The van der Waals surface area contributed by atoms with Crippen molar-refractivity contribution in [3.8, 4) is 0 Å². The first-order valence-corrected chi connectivity index (χ1v) is 9.82. The van der Waals surface area contributed by atoms with E-state index in [1.807, 2.05) is 35.9 Å². The van der Waals surface area contributed by atoms with Gasteiger partial charge < -0.3 is 11.1 Å². The number of nitrogens with two attached hydrogens (primary N) is 1. The molecule has 3 N–H and O–H groups in total. The van der Waals surface area contributed by atoms with Crippen LogP contribution in [0.1, 0.15) is 47.5 Å². The van der Waals surface area contributed by atoms with E-state index in [2.05, 4.69) is 53.5 Å². The summed E-state index contributed by atoms with van der Waals surface area (Å²) in [5, 5.41) is 10.6. The zero-order valence-corrected chi connectivity index (χ0v) is 19.3. The van der Waals surface area contributed by atoms with Crippen molar-refractivity contribution in [2.24, 2.45) is 5.73 Å². The van der Waals surface area contributed by atoms with Crippen LogP contribution in [-0.2, 0) is 0 Å². The highest BCUT2D eigenvalue weighted by molar-refractivity contribution is 5.98. The van der Waals surface area contributed by atoms with E-state index in [9.17, 15) is 4.79 Å². The first-order chi connectivity index (χ1) is 14.0. The lowest BCUT2D eigenvalue weighted by Crippen LogP contribution is -2.33. The number of halogens is 2. The Hall–Kier alpha value is -2.67. The number of nitrogens with one attached hydrogen (secondary N) is 1. The van der Waals surface area contributed by atoms with E-state index in [4.69, 9.17) is 5.73 Å². The predicted molar refractivity (Wildman–Crippen MR) is 130 cm³/mol. The van der Waals surface area contributed by atoms with Crippen molar-refractivity contribution in [3.63, 3.8) is 0 Å². The van der Waals surface area contributed by atoms with E-state index >= 15 is 0 Å². The number of nitrogens with zero attached hydrogens (tertiary/aromatic N) is 3. The van der Waals surface area contributed by atoms with Crippen LogP contribution in [0.15, 0.2) is 54.7 Å². The van der Waals surface area contributed by atoms with E-state index in [1.54, 1.807) is 6.20 Å². The molecule has 164 valence electrons. The minimum absolute atomic E-state index is 0. The number of hydrogen-bond donors (Lipinski definition) is 2. The van der Waals surface area contributed by atoms with Crippen LogP contribution in [-0.4, -0.2) is 27.2 Å². The maximum absolute atomic E-state index is 13.0. The Morgan fingerprint density at radius 2 is 1.77 bits per heavy atom. The van der Waals surface area contributed by atoms with Crippen LogP contribution in [0.4, 0.5) is 0 Å². The van der Waals surface area contributed by atoms with Crippen molar-refractivity contribution in [1.29, 1.82) is 0 Å². The minimum atomic E-state index is -0.277. The van der Waals surface area contributed by atoms with Gasteiger partial charge in [0.05, 0.1) is 23.5 Å². The lowest BCUT2D eigenvalue weighted by molar-refractivity contribution is 0.0937. The van der Waals surface area contributed by atoms with Crippen molar-refractivity contribution < 1.29 is 4.79 Å². The van der Waals surface area contributed by atoms with Crippen LogP contribution >= 0.6 is 24.8 Å². The fraction of sp³-hybridized carbons (Fsp3) is 0.261. The topological polar surface area (TPSA) is 85.8 Å². The van der Waals surface area contributed by atoms with Crippen LogP contribution in [0.25, 0.3) is 21.8 Å². The molecule has 4 aromatic rings. The molecule has 0 saturated carbocycles. The van der Waals surface area contributed by atoms with Gasteiger partial charge >= 0.3 is 0 Å². The number of carbonyl (C=O) groups excluding carboxylic acids is 1. The Labute approximate surface area is 194 Å². The van der Waals surface area contributed by atoms with Gasteiger partial charge in [-0.3, -0.25) is 4.79 Å². The summed E-state index contributed by atoms with van der Waals surface area (Å²) in [5.74, 6) is -0.183. The van der Waals surface area contributed by atoms with Crippen molar-refractivity contribution in [1.82, 2.24) is 20.1 Å². The summed E-state index contributed by atoms with van der Waals surface area (Å²) >= 11 is 0. The molecule has 1 amide bonds. The van der Waals surface area contributed by atoms with E-state index in [0.717, 1.165) is 27.4 Å². The van der Waals surface area contributed by atoms with Crippen molar-refractivity contribution in [2.75, 3.05) is 6.54 Å². The second-order valence-electron chi connectivity index (χ2n) is 7.59. The van der Waals surface area contributed by atoms with Crippen molar-refractivity contribution in [3.05, 3.63) is 71.5 Å². The number of rotatable bonds is 5. The molecule has 0 bridgehead atoms. The van der Waals surface area contributed by atoms with Gasteiger partial charge in [0.25, 0.3) is 5.91 Å². The second kappa shape index (κ2) is 10.1. The number of amides is 1. The average Bonchev–Trinajstić information content (AvgIpc) is 3.13. The van der Waals surface area contributed by atoms with Gasteiger partial charge in [-0.2, -0.15) is 5.10 Å². The Morgan fingerprint density at radius 3 is 2.45 bits per heavy atom. The summed E-state index contributed by atoms with van der Waals surface area (Å²) in [5.41, 5.74) is 8.99. The normalized spacial score (nSPS) is 11.8. The van der Waals surface area contributed by atoms with Crippen molar-refractivity contribution >= 4 is 52.5 Å². The highest BCUT2D eigenvalue weighted by Gasteiger charge is 2.19. The van der Waals surface area contributed by atoms with Gasteiger partial charge in [-0.15, -0.1) is 24.8 Å². The first-order valence-electron chi connectivity index (χ1n) is 9.82. The lowest BCUT2D eigenvalue weighted by Gasteiger charge is -2.19. The molecule has 8 heteroatoms. The summed E-state index contributed by atoms with van der Waals surface area (Å²) in [6.07, 6.45) is 1.75. The minimum Gasteiger partial charge on any atom is -0.344 e. The van der Waals surface area contributed by atoms with Gasteiger partial charge in [-0.1, -0.05) is 36.4 Å². The molecule has 0 aliphatic rings. The molecule has 0 radical (unpaired) electrons. The van der Waals surface area contributed by atoms with Gasteiger partial charge in [0.15, 0.2) is 5.65 Å². The SMILES string of the molecule is Cc1nc2c(cnn2C(C)C)cc1C(=O)NC(CN)c1ccc2ccccc2c1.Cl.Cl. The zero-order chi connectivity index (χ0) is 20.5. The van der Waals surface area contributed by atoms with Crippen LogP contribution in [0, 0.1) is 6.92 Å². The number of benzene rings is 2. The van der Waals surface area contributed by atoms with Gasteiger partial charge in [-0.05, 0) is 49.2 Å². The molecule has 0 aliphatic carbocycles. The largest absolute Gasteiger partial charge is 0.344 e. The number of pyridine rings is 1. The summed E-state index contributed by atoms with van der Waals surface area (Å²) in [6, 6.07) is 16.1. The molecule has 1 unspecified atom stereocenters. The summed E-state index contributed by atoms with van der Waals surface area (Å²) in [6.45, 7) is 6.27. The molecule has 6 nitrogen and oxygen atoms in total. The van der Waals surface area contributed by atoms with E-state index < -0.39 is 0 Å². The van der Waals surface area contributed by atoms with Gasteiger partial charge in [0, 0.05) is 18.0 Å². The molecule has 1 atom stereocenters. The molecule has 0 aliphatic heterocycles. The smallest absolute Gasteiger partial charge is 0.253 e. The third kappa shape index (κ3) is 4.82. The number of fused-ring (bicyclic) bond motifs is 2. The zero-order valence-electron chi connectivity index (χ0n) is 17.7. The molecule has 2 heterocycles. The highest BCUT2D eigenvalue weighted by Crippen LogP contribution is 2.22. The van der Waals surface area contributed by atoms with Crippen LogP contribution in [0.3, 0.4) is 0 Å². The fourth-order valence-electron chi connectivity index (χ4n) is 3.61. The summed E-state index contributed by atoms with van der Waals surface area (Å²) in [4.78, 5) is 17.7. The van der Waals surface area contributed by atoms with Crippen LogP contribution in [0.2, 0.25) is 0 Å². The molecule has 2 aromatic heterocycles. The molecule has 0 spiro atoms. The number of aromatic nitrogens is 3. The molecule has 0 saturated heterocycles. The number of aryl methyl sites for hydroxylation is 1. The second-order valence-corrected chi connectivity index (χ2v) is 7.59. The van der Waals surface area contributed by atoms with E-state index in [0.29, 0.717) is 17.8 Å². The summed E-state index contributed by atoms with van der Waals surface area (Å²) in [7, 11) is 0. The van der Waals surface area contributed by atoms with Gasteiger partial charge in [0.2, 0.25) is 0 Å². The number of carbonyl (C=O) groups is 1. The highest BCUT2D eigenvalue weighted by atomic mass is 35.5. The maximum Gasteiger partial charge on any atom is 0.253 e. The van der Waals surface area contributed by atoms with Crippen LogP contribution < -0.4 is 11.1 Å². The Kier molecular flexibility index (Phi) is 8.01. The first kappa shape index (κ1) is 24.6. The molecule has 4 rings (SSSR count).